The van der Waals surface area contributed by atoms with Crippen molar-refractivity contribution in [1.29, 1.82) is 0 Å². The second-order valence-electron chi connectivity index (χ2n) is 6.82. The third kappa shape index (κ3) is 4.45. The quantitative estimate of drug-likeness (QED) is 0.500. The van der Waals surface area contributed by atoms with Crippen LogP contribution in [0.25, 0.3) is 0 Å². The molecular weight excluding hydrogens is 398 g/mol. The summed E-state index contributed by atoms with van der Waals surface area (Å²) in [5, 5.41) is 9.15. The highest BCUT2D eigenvalue weighted by atomic mass is 32.2. The topological polar surface area (TPSA) is 110 Å². The first-order valence-electron chi connectivity index (χ1n) is 8.99. The molecule has 0 unspecified atom stereocenters. The lowest BCUT2D eigenvalue weighted by Gasteiger charge is -2.49. The zero-order chi connectivity index (χ0) is 21.1. The van der Waals surface area contributed by atoms with Gasteiger partial charge < -0.3 is 14.6 Å². The molecule has 29 heavy (non-hydrogen) atoms. The number of carbonyl (C=O) groups excluding carboxylic acids is 3. The van der Waals surface area contributed by atoms with Gasteiger partial charge in [0.25, 0.3) is 0 Å². The van der Waals surface area contributed by atoms with Gasteiger partial charge in [-0.1, -0.05) is 12.1 Å². The summed E-state index contributed by atoms with van der Waals surface area (Å²) in [6.45, 7) is 1.07. The number of ether oxygens (including phenoxy) is 2. The van der Waals surface area contributed by atoms with Crippen molar-refractivity contribution in [3.63, 3.8) is 0 Å². The Kier molecular flexibility index (Phi) is 6.26. The van der Waals surface area contributed by atoms with Crippen LogP contribution in [0, 0.1) is 5.92 Å². The molecule has 1 saturated heterocycles. The van der Waals surface area contributed by atoms with Crippen LogP contribution in [0.4, 0.5) is 0 Å². The number of hydrogen-bond donors (Lipinski definition) is 1. The predicted octanol–water partition coefficient (Wildman–Crippen LogP) is 1.63. The molecule has 0 saturated carbocycles. The normalized spacial score (nSPS) is 20.6. The average Bonchev–Trinajstić information content (AvgIpc) is 2.69. The maximum atomic E-state index is 12.6. The summed E-state index contributed by atoms with van der Waals surface area (Å²) < 4.78 is 10.1. The molecule has 0 bridgehead atoms. The number of methoxy groups -OCH3 is 1. The number of thioether (sulfide) groups is 1. The minimum Gasteiger partial charge on any atom is -0.497 e. The number of nitrogens with zero attached hydrogens (tertiary/aromatic N) is 1. The Bertz CT molecular complexity index is 895. The molecule has 2 atom stereocenters. The first kappa shape index (κ1) is 20.9. The van der Waals surface area contributed by atoms with Crippen molar-refractivity contribution < 1.29 is 33.8 Å². The number of amides is 1. The molecule has 1 aromatic carbocycles. The number of Topliss-reactive ketones (excluding diaryl/α,β-unsaturated/α-hetero) is 1. The fourth-order valence-corrected chi connectivity index (χ4v) is 4.84. The molecule has 0 radical (unpaired) electrons. The number of ketones is 1. The Morgan fingerprint density at radius 3 is 2.72 bits per heavy atom. The number of benzene rings is 1. The maximum absolute atomic E-state index is 12.6. The zero-order valence-corrected chi connectivity index (χ0v) is 16.9. The van der Waals surface area contributed by atoms with E-state index in [4.69, 9.17) is 9.47 Å². The van der Waals surface area contributed by atoms with Crippen LogP contribution in [-0.2, 0) is 30.3 Å². The van der Waals surface area contributed by atoms with E-state index in [9.17, 15) is 24.3 Å². The van der Waals surface area contributed by atoms with E-state index in [-0.39, 0.29) is 36.8 Å². The highest BCUT2D eigenvalue weighted by Crippen LogP contribution is 2.45. The van der Waals surface area contributed by atoms with Gasteiger partial charge in [-0.25, -0.2) is 4.79 Å². The van der Waals surface area contributed by atoms with Gasteiger partial charge in [-0.3, -0.25) is 19.3 Å². The summed E-state index contributed by atoms with van der Waals surface area (Å²) in [6, 6.07) is 7.17. The molecule has 2 aliphatic heterocycles. The van der Waals surface area contributed by atoms with E-state index in [1.54, 1.807) is 25.3 Å². The lowest BCUT2D eigenvalue weighted by Crippen LogP contribution is -2.62. The molecular formula is C20H21NO7S. The Morgan fingerprint density at radius 2 is 2.07 bits per heavy atom. The van der Waals surface area contributed by atoms with Crippen molar-refractivity contribution in [2.24, 2.45) is 5.92 Å². The number of β-lactam (4-membered cyclic amide) rings is 1. The summed E-state index contributed by atoms with van der Waals surface area (Å²) in [5.41, 5.74) is 1.03. The van der Waals surface area contributed by atoms with Gasteiger partial charge in [0.2, 0.25) is 5.91 Å². The van der Waals surface area contributed by atoms with Gasteiger partial charge in [0.1, 0.15) is 23.8 Å². The highest BCUT2D eigenvalue weighted by Gasteiger charge is 2.53. The Balaban J connectivity index is 1.67. The van der Waals surface area contributed by atoms with E-state index < -0.39 is 23.2 Å². The van der Waals surface area contributed by atoms with E-state index in [1.807, 2.05) is 6.07 Å². The number of esters is 1. The van der Waals surface area contributed by atoms with Crippen molar-refractivity contribution in [3.05, 3.63) is 41.1 Å². The number of rotatable bonds is 8. The number of aliphatic carboxylic acids is 1. The van der Waals surface area contributed by atoms with Crippen molar-refractivity contribution in [3.8, 4) is 5.75 Å². The lowest BCUT2D eigenvalue weighted by atomic mass is 9.89. The molecule has 0 aromatic heterocycles. The fraction of sp³-hybridized carbons (Fsp3) is 0.400. The summed E-state index contributed by atoms with van der Waals surface area (Å²) >= 11 is 1.38. The molecule has 1 amide bonds. The second kappa shape index (κ2) is 8.69. The van der Waals surface area contributed by atoms with E-state index in [0.717, 1.165) is 5.56 Å². The summed E-state index contributed by atoms with van der Waals surface area (Å²) in [7, 11) is 1.55. The number of carboxylic acids is 1. The van der Waals surface area contributed by atoms with E-state index >= 15 is 0 Å². The van der Waals surface area contributed by atoms with Crippen LogP contribution in [0.5, 0.6) is 5.75 Å². The van der Waals surface area contributed by atoms with Crippen molar-refractivity contribution in [2.45, 2.75) is 25.1 Å². The standard InChI is InChI=1S/C20H21NO7S/c1-11(22)28-9-13-10-29-19-16(18(24)21(19)17(13)20(25)26)8-14(23)6-12-4-3-5-15(7-12)27-2/h3-5,7,16,19H,6,8-10H2,1-2H3,(H,25,26)/t16-,19-/m1/s1. The SMILES string of the molecule is COc1cccc(CC(=O)C[C@@H]2C(=O)N3C(C(=O)O)=C(COC(C)=O)CS[C@H]23)c1. The first-order chi connectivity index (χ1) is 13.8. The molecule has 8 nitrogen and oxygen atoms in total. The van der Waals surface area contributed by atoms with Gasteiger partial charge in [-0.05, 0) is 17.7 Å². The number of hydrogen-bond acceptors (Lipinski definition) is 7. The van der Waals surface area contributed by atoms with Gasteiger partial charge in [-0.2, -0.15) is 0 Å². The molecule has 0 aliphatic carbocycles. The molecule has 2 aliphatic rings. The molecule has 1 fully saturated rings. The van der Waals surface area contributed by atoms with Crippen molar-refractivity contribution in [1.82, 2.24) is 4.90 Å². The minimum absolute atomic E-state index is 0.0520. The van der Waals surface area contributed by atoms with Gasteiger partial charge in [0.15, 0.2) is 0 Å². The molecule has 1 aromatic rings. The van der Waals surface area contributed by atoms with E-state index in [1.165, 1.54) is 23.6 Å². The maximum Gasteiger partial charge on any atom is 0.352 e. The van der Waals surface area contributed by atoms with Gasteiger partial charge in [0, 0.05) is 31.1 Å². The Morgan fingerprint density at radius 1 is 1.31 bits per heavy atom. The second-order valence-corrected chi connectivity index (χ2v) is 7.93. The van der Waals surface area contributed by atoms with Crippen molar-refractivity contribution in [2.75, 3.05) is 19.5 Å². The van der Waals surface area contributed by atoms with Crippen LogP contribution in [0.1, 0.15) is 18.9 Å². The molecule has 1 N–H and O–H groups in total. The largest absolute Gasteiger partial charge is 0.497 e. The molecule has 3 rings (SSSR count). The Labute approximate surface area is 171 Å². The summed E-state index contributed by atoms with van der Waals surface area (Å²) in [4.78, 5) is 49.0. The molecule has 2 heterocycles. The Hall–Kier alpha value is -2.81. The number of fused-ring (bicyclic) bond motifs is 1. The average molecular weight is 419 g/mol. The van der Waals surface area contributed by atoms with Crippen molar-refractivity contribution >= 4 is 35.4 Å². The highest BCUT2D eigenvalue weighted by molar-refractivity contribution is 8.00. The molecule has 9 heteroatoms. The summed E-state index contributed by atoms with van der Waals surface area (Å²) in [5.74, 6) is -1.83. The van der Waals surface area contributed by atoms with E-state index in [0.29, 0.717) is 17.1 Å². The smallest absolute Gasteiger partial charge is 0.352 e. The molecule has 0 spiro atoms. The van der Waals surface area contributed by atoms with Crippen LogP contribution in [0.2, 0.25) is 0 Å². The van der Waals surface area contributed by atoms with Crippen LogP contribution >= 0.6 is 11.8 Å². The monoisotopic (exact) mass is 419 g/mol. The van der Waals surface area contributed by atoms with Crippen LogP contribution in [0.3, 0.4) is 0 Å². The van der Waals surface area contributed by atoms with Crippen LogP contribution < -0.4 is 4.74 Å². The predicted molar refractivity (Wildman–Crippen MR) is 104 cm³/mol. The van der Waals surface area contributed by atoms with Crippen LogP contribution in [-0.4, -0.2) is 58.5 Å². The first-order valence-corrected chi connectivity index (χ1v) is 10.0. The lowest BCUT2D eigenvalue weighted by molar-refractivity contribution is -0.154. The van der Waals surface area contributed by atoms with Crippen LogP contribution in [0.15, 0.2) is 35.5 Å². The summed E-state index contributed by atoms with van der Waals surface area (Å²) in [6.07, 6.45) is 0.230. The molecule has 154 valence electrons. The van der Waals surface area contributed by atoms with Gasteiger partial charge >= 0.3 is 11.9 Å². The zero-order valence-electron chi connectivity index (χ0n) is 16.0. The van der Waals surface area contributed by atoms with Gasteiger partial charge in [0.05, 0.1) is 18.4 Å². The third-order valence-electron chi connectivity index (χ3n) is 4.79. The van der Waals surface area contributed by atoms with E-state index in [2.05, 4.69) is 0 Å². The number of carbonyl (C=O) groups is 4. The van der Waals surface area contributed by atoms with Gasteiger partial charge in [-0.15, -0.1) is 11.8 Å². The number of carboxylic acid groups (broad SMARTS) is 1. The fourth-order valence-electron chi connectivity index (χ4n) is 3.45. The minimum atomic E-state index is -1.24. The third-order valence-corrected chi connectivity index (χ3v) is 6.19.